The summed E-state index contributed by atoms with van der Waals surface area (Å²) in [7, 11) is 11.7. The van der Waals surface area contributed by atoms with Crippen LogP contribution in [0, 0.1) is 5.92 Å². The summed E-state index contributed by atoms with van der Waals surface area (Å²) in [6.45, 7) is 4.30. The van der Waals surface area contributed by atoms with Crippen LogP contribution in [0.25, 0.3) is 0 Å². The molecule has 0 saturated heterocycles. The molecule has 0 bridgehead atoms. The summed E-state index contributed by atoms with van der Waals surface area (Å²) < 4.78 is 0.0399. The minimum Gasteiger partial charge on any atom is -0.173 e. The lowest BCUT2D eigenvalue weighted by molar-refractivity contribution is 0.449. The Morgan fingerprint density at radius 2 is 2.09 bits per heavy atom. The van der Waals surface area contributed by atoms with Crippen molar-refractivity contribution < 1.29 is 0 Å². The first-order chi connectivity index (χ1) is 4.87. The second-order valence-corrected chi connectivity index (χ2v) is 5.10. The van der Waals surface area contributed by atoms with Crippen LogP contribution in [0.15, 0.2) is 0 Å². The van der Waals surface area contributed by atoms with Crippen molar-refractivity contribution in [3.63, 3.8) is 0 Å². The molecule has 0 aliphatic heterocycles. The van der Waals surface area contributed by atoms with Crippen LogP contribution in [0.4, 0.5) is 0 Å². The molecule has 1 unspecified atom stereocenters. The second-order valence-electron chi connectivity index (χ2n) is 4.08. The van der Waals surface area contributed by atoms with Crippen LogP contribution in [-0.2, 0) is 0 Å². The summed E-state index contributed by atoms with van der Waals surface area (Å²) in [5, 5.41) is -0.475. The van der Waals surface area contributed by atoms with E-state index in [9.17, 15) is 0 Å². The van der Waals surface area contributed by atoms with Gasteiger partial charge in [0.25, 0.3) is 0 Å². The predicted molar refractivity (Wildman–Crippen MR) is 54.6 cm³/mol. The van der Waals surface area contributed by atoms with E-state index in [2.05, 4.69) is 26.5 Å². The highest BCUT2D eigenvalue weighted by molar-refractivity contribution is 7.81. The molecule has 0 heterocycles. The van der Waals surface area contributed by atoms with Crippen molar-refractivity contribution >= 4 is 28.3 Å². The summed E-state index contributed by atoms with van der Waals surface area (Å²) in [6, 6.07) is 0. The lowest BCUT2D eigenvalue weighted by Gasteiger charge is -2.25. The first-order valence-corrected chi connectivity index (χ1v) is 4.62. The van der Waals surface area contributed by atoms with Crippen LogP contribution < -0.4 is 0 Å². The van der Waals surface area contributed by atoms with E-state index in [1.54, 1.807) is 0 Å². The summed E-state index contributed by atoms with van der Waals surface area (Å²) >= 11 is 4.58. The zero-order valence-electron chi connectivity index (χ0n) is 7.30. The zero-order chi connectivity index (χ0) is 8.70. The molecule has 1 fully saturated rings. The van der Waals surface area contributed by atoms with E-state index in [1.807, 2.05) is 0 Å². The van der Waals surface area contributed by atoms with E-state index < -0.39 is 5.21 Å². The molecule has 3 heteroatoms. The van der Waals surface area contributed by atoms with Gasteiger partial charge in [0, 0.05) is 4.75 Å². The lowest BCUT2D eigenvalue weighted by atomic mass is 9.53. The van der Waals surface area contributed by atoms with Crippen molar-refractivity contribution in [1.82, 2.24) is 0 Å². The minimum atomic E-state index is -0.475. The average Bonchev–Trinajstić information content (AvgIpc) is 1.99. The number of thiol groups is 1. The normalized spacial score (nSPS) is 42.6. The van der Waals surface area contributed by atoms with Crippen LogP contribution in [0.1, 0.15) is 33.1 Å². The van der Waals surface area contributed by atoms with Gasteiger partial charge in [-0.05, 0) is 12.3 Å². The fourth-order valence-electron chi connectivity index (χ4n) is 2.15. The lowest BCUT2D eigenvalue weighted by Crippen LogP contribution is -2.21. The van der Waals surface area contributed by atoms with E-state index >= 15 is 0 Å². The monoisotopic (exact) mass is 164 g/mol. The Balaban J connectivity index is 2.71. The van der Waals surface area contributed by atoms with Crippen molar-refractivity contribution in [3.8, 4) is 0 Å². The summed E-state index contributed by atoms with van der Waals surface area (Å²) in [6.07, 6.45) is 2.85. The molecule has 58 valence electrons. The fraction of sp³-hybridized carbons (Fsp3) is 1.00. The Kier molecular flexibility index (Phi) is 2.40. The van der Waals surface area contributed by atoms with Gasteiger partial charge in [0.1, 0.15) is 0 Å². The first kappa shape index (κ1) is 9.57. The topological polar surface area (TPSA) is 0 Å². The molecule has 0 aromatic carbocycles. The van der Waals surface area contributed by atoms with Crippen molar-refractivity contribution in [3.05, 3.63) is 0 Å². The largest absolute Gasteiger partial charge is 0.173 e. The molecular weight excluding hydrogens is 150 g/mol. The zero-order valence-corrected chi connectivity index (χ0v) is 8.20. The quantitative estimate of drug-likeness (QED) is 0.444. The molecular formula is C8H14B2S. The molecule has 1 rings (SSSR count). The highest BCUT2D eigenvalue weighted by Crippen LogP contribution is 2.52. The van der Waals surface area contributed by atoms with E-state index in [0.717, 1.165) is 19.3 Å². The molecule has 0 amide bonds. The number of hydrogen-bond donors (Lipinski definition) is 1. The van der Waals surface area contributed by atoms with E-state index in [0.29, 0.717) is 5.92 Å². The predicted octanol–water partition coefficient (Wildman–Crippen LogP) is 1.95. The third-order valence-corrected chi connectivity index (χ3v) is 3.21. The van der Waals surface area contributed by atoms with E-state index in [1.165, 1.54) is 0 Å². The number of hydrogen-bond acceptors (Lipinski definition) is 1. The Bertz CT molecular complexity index is 154. The molecule has 0 nitrogen and oxygen atoms in total. The molecule has 0 spiro atoms. The summed E-state index contributed by atoms with van der Waals surface area (Å²) in [5.74, 6) is 0.570. The van der Waals surface area contributed by atoms with Gasteiger partial charge < -0.3 is 0 Å². The summed E-state index contributed by atoms with van der Waals surface area (Å²) in [5.41, 5.74) is 0. The Morgan fingerprint density at radius 3 is 2.27 bits per heavy atom. The minimum absolute atomic E-state index is 0.0399. The third kappa shape index (κ3) is 1.99. The van der Waals surface area contributed by atoms with Gasteiger partial charge in [-0.3, -0.25) is 0 Å². The molecule has 11 heavy (non-hydrogen) atoms. The fourth-order valence-corrected chi connectivity index (χ4v) is 2.71. The van der Waals surface area contributed by atoms with Crippen molar-refractivity contribution in [2.24, 2.45) is 5.92 Å². The molecule has 4 radical (unpaired) electrons. The molecule has 1 aliphatic rings. The van der Waals surface area contributed by atoms with Gasteiger partial charge in [-0.15, -0.1) is 0 Å². The van der Waals surface area contributed by atoms with Crippen LogP contribution in [0.3, 0.4) is 0 Å². The maximum absolute atomic E-state index is 5.85. The molecule has 2 atom stereocenters. The van der Waals surface area contributed by atoms with Gasteiger partial charge in [0.2, 0.25) is 0 Å². The van der Waals surface area contributed by atoms with E-state index in [4.69, 9.17) is 15.7 Å². The van der Waals surface area contributed by atoms with Gasteiger partial charge in [-0.25, -0.2) is 0 Å². The van der Waals surface area contributed by atoms with Gasteiger partial charge in [-0.2, -0.15) is 12.6 Å². The van der Waals surface area contributed by atoms with Crippen LogP contribution in [0.5, 0.6) is 0 Å². The highest BCUT2D eigenvalue weighted by Gasteiger charge is 2.43. The van der Waals surface area contributed by atoms with E-state index in [-0.39, 0.29) is 4.75 Å². The van der Waals surface area contributed by atoms with Gasteiger partial charge in [-0.1, -0.05) is 31.9 Å². The van der Waals surface area contributed by atoms with Crippen LogP contribution in [0.2, 0.25) is 5.21 Å². The molecule has 0 N–H and O–H groups in total. The smallest absolute Gasteiger partial charge is 0.0621 e. The third-order valence-electron chi connectivity index (χ3n) is 2.69. The summed E-state index contributed by atoms with van der Waals surface area (Å²) in [4.78, 5) is 0. The first-order valence-electron chi connectivity index (χ1n) is 4.17. The van der Waals surface area contributed by atoms with Crippen molar-refractivity contribution in [2.75, 3.05) is 0 Å². The standard InChI is InChI=1S/C8H14B2S/c1-3-6-4-8(9,10)5-7(6,2)11/h6,11H,3-5H2,1-2H3/t6?,7-/m0/s1. The van der Waals surface area contributed by atoms with Crippen molar-refractivity contribution in [1.29, 1.82) is 0 Å². The molecule has 1 saturated carbocycles. The maximum Gasteiger partial charge on any atom is 0.0621 e. The Labute approximate surface area is 77.7 Å². The Hall–Kier alpha value is 0.480. The number of rotatable bonds is 1. The molecule has 0 aromatic heterocycles. The average molecular weight is 164 g/mol. The highest BCUT2D eigenvalue weighted by atomic mass is 32.1. The maximum atomic E-state index is 5.85. The van der Waals surface area contributed by atoms with Crippen LogP contribution >= 0.6 is 12.6 Å². The van der Waals surface area contributed by atoms with Gasteiger partial charge >= 0.3 is 0 Å². The Morgan fingerprint density at radius 1 is 1.55 bits per heavy atom. The van der Waals surface area contributed by atoms with Crippen molar-refractivity contribution in [2.45, 2.75) is 43.1 Å². The van der Waals surface area contributed by atoms with Crippen LogP contribution in [-0.4, -0.2) is 20.4 Å². The SMILES string of the molecule is [B]C1([B])CC(CC)[C@@](C)(S)C1. The molecule has 0 aromatic rings. The second kappa shape index (κ2) is 2.76. The molecule has 1 aliphatic carbocycles. The van der Waals surface area contributed by atoms with Gasteiger partial charge in [0.15, 0.2) is 0 Å². The van der Waals surface area contributed by atoms with Gasteiger partial charge in [0.05, 0.1) is 15.7 Å².